The Kier molecular flexibility index (Phi) is 5.14. The van der Waals surface area contributed by atoms with Crippen molar-refractivity contribution in [2.24, 2.45) is 0 Å². The number of nitrogens with zero attached hydrogens (tertiary/aromatic N) is 3. The molecule has 0 saturated carbocycles. The summed E-state index contributed by atoms with van der Waals surface area (Å²) in [6, 6.07) is 12.5. The minimum Gasteiger partial charge on any atom is -0.493 e. The number of aryl methyl sites for hydroxylation is 1. The van der Waals surface area contributed by atoms with Crippen LogP contribution in [0.4, 0.5) is 0 Å². The molecule has 1 amide bonds. The van der Waals surface area contributed by atoms with Gasteiger partial charge < -0.3 is 19.4 Å². The summed E-state index contributed by atoms with van der Waals surface area (Å²) in [5, 5.41) is 7.15. The second-order valence-corrected chi connectivity index (χ2v) is 6.75. The molecular formula is C22H22N4O4. The maximum atomic E-state index is 12.8. The van der Waals surface area contributed by atoms with Gasteiger partial charge in [-0.15, -0.1) is 0 Å². The first-order valence-electron chi connectivity index (χ1n) is 9.56. The Hall–Kier alpha value is -3.81. The van der Waals surface area contributed by atoms with E-state index in [9.17, 15) is 9.59 Å². The van der Waals surface area contributed by atoms with E-state index in [0.29, 0.717) is 41.2 Å². The van der Waals surface area contributed by atoms with Gasteiger partial charge in [0, 0.05) is 18.7 Å². The van der Waals surface area contributed by atoms with Crippen LogP contribution in [0.25, 0.3) is 16.6 Å². The molecule has 0 aliphatic heterocycles. The number of aromatic nitrogens is 3. The molecule has 0 atom stereocenters. The molecule has 4 aromatic rings. The van der Waals surface area contributed by atoms with Gasteiger partial charge in [0.1, 0.15) is 5.52 Å². The van der Waals surface area contributed by atoms with Gasteiger partial charge in [-0.1, -0.05) is 6.07 Å². The molecule has 154 valence electrons. The van der Waals surface area contributed by atoms with Gasteiger partial charge in [-0.05, 0) is 48.9 Å². The molecule has 0 radical (unpaired) electrons. The van der Waals surface area contributed by atoms with Crippen molar-refractivity contribution in [3.63, 3.8) is 0 Å². The first-order valence-corrected chi connectivity index (χ1v) is 9.56. The second-order valence-electron chi connectivity index (χ2n) is 6.75. The van der Waals surface area contributed by atoms with Gasteiger partial charge in [0.2, 0.25) is 0 Å². The zero-order valence-corrected chi connectivity index (χ0v) is 17.0. The fourth-order valence-electron chi connectivity index (χ4n) is 3.55. The van der Waals surface area contributed by atoms with E-state index < -0.39 is 0 Å². The van der Waals surface area contributed by atoms with Gasteiger partial charge >= 0.3 is 0 Å². The first kappa shape index (κ1) is 19.5. The van der Waals surface area contributed by atoms with Gasteiger partial charge in [0.05, 0.1) is 31.4 Å². The van der Waals surface area contributed by atoms with Crippen molar-refractivity contribution in [2.75, 3.05) is 14.2 Å². The van der Waals surface area contributed by atoms with Crippen LogP contribution in [-0.4, -0.2) is 34.3 Å². The Morgan fingerprint density at radius 1 is 1.00 bits per heavy atom. The molecule has 2 aromatic heterocycles. The van der Waals surface area contributed by atoms with E-state index in [0.717, 1.165) is 11.1 Å². The van der Waals surface area contributed by atoms with Crippen LogP contribution in [-0.2, 0) is 13.1 Å². The molecule has 0 aliphatic rings. The van der Waals surface area contributed by atoms with Gasteiger partial charge in [-0.25, -0.2) is 4.52 Å². The Bertz CT molecular complexity index is 1310. The summed E-state index contributed by atoms with van der Waals surface area (Å²) < 4.78 is 13.8. The molecule has 30 heavy (non-hydrogen) atoms. The highest BCUT2D eigenvalue weighted by Crippen LogP contribution is 2.27. The minimum atomic E-state index is -0.234. The molecule has 1 N–H and O–H groups in total. The first-order chi connectivity index (χ1) is 14.6. The number of methoxy groups -OCH3 is 2. The Morgan fingerprint density at radius 3 is 2.53 bits per heavy atom. The van der Waals surface area contributed by atoms with Crippen LogP contribution < -0.4 is 20.3 Å². The van der Waals surface area contributed by atoms with Crippen LogP contribution in [0.5, 0.6) is 11.5 Å². The molecule has 8 nitrogen and oxygen atoms in total. The van der Waals surface area contributed by atoms with Crippen molar-refractivity contribution in [3.05, 3.63) is 70.1 Å². The summed E-state index contributed by atoms with van der Waals surface area (Å²) in [4.78, 5) is 25.5. The minimum absolute atomic E-state index is 0.134. The molecule has 8 heteroatoms. The molecule has 0 unspecified atom stereocenters. The maximum Gasteiger partial charge on any atom is 0.277 e. The Balaban J connectivity index is 1.64. The van der Waals surface area contributed by atoms with Crippen molar-refractivity contribution in [1.29, 1.82) is 0 Å². The van der Waals surface area contributed by atoms with Crippen LogP contribution in [0.15, 0.2) is 53.5 Å². The predicted octanol–water partition coefficient (Wildman–Crippen LogP) is 2.62. The van der Waals surface area contributed by atoms with Crippen molar-refractivity contribution in [2.45, 2.75) is 20.0 Å². The van der Waals surface area contributed by atoms with Crippen LogP contribution >= 0.6 is 0 Å². The van der Waals surface area contributed by atoms with Gasteiger partial charge in [0.25, 0.3) is 11.5 Å². The summed E-state index contributed by atoms with van der Waals surface area (Å²) in [6.07, 6.45) is 1.60. The second kappa shape index (κ2) is 7.90. The predicted molar refractivity (Wildman–Crippen MR) is 113 cm³/mol. The molecule has 0 spiro atoms. The van der Waals surface area contributed by atoms with E-state index in [2.05, 4.69) is 10.4 Å². The number of nitrogens with one attached hydrogen (secondary N) is 1. The zero-order chi connectivity index (χ0) is 21.3. The largest absolute Gasteiger partial charge is 0.493 e. The van der Waals surface area contributed by atoms with Crippen LogP contribution in [0, 0.1) is 0 Å². The molecule has 2 heterocycles. The van der Waals surface area contributed by atoms with Crippen molar-refractivity contribution < 1.29 is 14.3 Å². The van der Waals surface area contributed by atoms with Crippen molar-refractivity contribution in [3.8, 4) is 11.5 Å². The van der Waals surface area contributed by atoms with E-state index in [-0.39, 0.29) is 11.5 Å². The lowest BCUT2D eigenvalue weighted by atomic mass is 10.1. The highest BCUT2D eigenvalue weighted by Gasteiger charge is 2.14. The van der Waals surface area contributed by atoms with Gasteiger partial charge in [-0.2, -0.15) is 5.10 Å². The Labute approximate surface area is 172 Å². The number of benzene rings is 2. The zero-order valence-electron chi connectivity index (χ0n) is 17.0. The van der Waals surface area contributed by atoms with E-state index in [4.69, 9.17) is 9.47 Å². The smallest absolute Gasteiger partial charge is 0.277 e. The Morgan fingerprint density at radius 2 is 1.80 bits per heavy atom. The highest BCUT2D eigenvalue weighted by molar-refractivity contribution is 5.97. The number of hydrogen-bond donors (Lipinski definition) is 1. The molecule has 0 saturated heterocycles. The molecule has 0 bridgehead atoms. The summed E-state index contributed by atoms with van der Waals surface area (Å²) in [6.45, 7) is 2.72. The van der Waals surface area contributed by atoms with Gasteiger partial charge in [0.15, 0.2) is 11.5 Å². The molecule has 2 aromatic carbocycles. The average Bonchev–Trinajstić information content (AvgIpc) is 3.27. The quantitative estimate of drug-likeness (QED) is 0.532. The van der Waals surface area contributed by atoms with Crippen LogP contribution in [0.2, 0.25) is 0 Å². The third kappa shape index (κ3) is 3.26. The maximum absolute atomic E-state index is 12.8. The molecule has 4 rings (SSSR count). The number of ether oxygens (including phenoxy) is 2. The summed E-state index contributed by atoms with van der Waals surface area (Å²) >= 11 is 0. The monoisotopic (exact) mass is 406 g/mol. The van der Waals surface area contributed by atoms with Crippen LogP contribution in [0.3, 0.4) is 0 Å². The SMILES string of the molecule is CCn1c(=O)c2ccnn2c2ccc(C(=O)NCc3ccc(OC)c(OC)c3)cc21. The summed E-state index contributed by atoms with van der Waals surface area (Å²) in [5.41, 5.74) is 3.16. The van der Waals surface area contributed by atoms with E-state index in [1.807, 2.05) is 25.1 Å². The number of fused-ring (bicyclic) bond motifs is 3. The average molecular weight is 406 g/mol. The standard InChI is InChI=1S/C22H22N4O4/c1-4-25-18-12-15(6-7-16(18)26-17(22(25)28)9-10-24-26)21(27)23-13-14-5-8-19(29-2)20(11-14)30-3/h5-12H,4,13H2,1-3H3,(H,23,27). The lowest BCUT2D eigenvalue weighted by Crippen LogP contribution is -2.25. The third-order valence-electron chi connectivity index (χ3n) is 5.08. The number of carbonyl (C=O) groups is 1. The number of amides is 1. The van der Waals surface area contributed by atoms with E-state index in [1.165, 1.54) is 0 Å². The van der Waals surface area contributed by atoms with Crippen molar-refractivity contribution >= 4 is 22.5 Å². The number of hydrogen-bond acceptors (Lipinski definition) is 5. The van der Waals surface area contributed by atoms with E-state index >= 15 is 0 Å². The normalized spacial score (nSPS) is 11.0. The summed E-state index contributed by atoms with van der Waals surface area (Å²) in [7, 11) is 3.14. The highest BCUT2D eigenvalue weighted by atomic mass is 16.5. The lowest BCUT2D eigenvalue weighted by Gasteiger charge is -2.12. The summed E-state index contributed by atoms with van der Waals surface area (Å²) in [5.74, 6) is 0.997. The van der Waals surface area contributed by atoms with Crippen molar-refractivity contribution in [1.82, 2.24) is 19.5 Å². The lowest BCUT2D eigenvalue weighted by molar-refractivity contribution is 0.0951. The molecular weight excluding hydrogens is 384 g/mol. The topological polar surface area (TPSA) is 86.9 Å². The fourth-order valence-corrected chi connectivity index (χ4v) is 3.55. The van der Waals surface area contributed by atoms with Gasteiger partial charge in [-0.3, -0.25) is 9.59 Å². The van der Waals surface area contributed by atoms with E-state index in [1.54, 1.807) is 53.8 Å². The number of rotatable bonds is 6. The number of carbonyl (C=O) groups excluding carboxylic acids is 1. The molecule has 0 fully saturated rings. The third-order valence-corrected chi connectivity index (χ3v) is 5.08. The van der Waals surface area contributed by atoms with Crippen LogP contribution in [0.1, 0.15) is 22.8 Å². The fraction of sp³-hybridized carbons (Fsp3) is 0.227. The molecule has 0 aliphatic carbocycles.